The Hall–Kier alpha value is -1.90. The summed E-state index contributed by atoms with van der Waals surface area (Å²) in [4.78, 5) is 14.7. The maximum atomic E-state index is 12.5. The zero-order valence-electron chi connectivity index (χ0n) is 15.0. The van der Waals surface area contributed by atoms with Gasteiger partial charge in [0, 0.05) is 34.9 Å². The molecule has 0 atom stereocenters. The highest BCUT2D eigenvalue weighted by atomic mass is 79.9. The summed E-state index contributed by atoms with van der Waals surface area (Å²) in [7, 11) is -1.66. The monoisotopic (exact) mass is 451 g/mol. The van der Waals surface area contributed by atoms with Gasteiger partial charge in [-0.3, -0.25) is 9.52 Å². The Labute approximate surface area is 168 Å². The van der Waals surface area contributed by atoms with Crippen LogP contribution in [0.5, 0.6) is 0 Å². The summed E-state index contributed by atoms with van der Waals surface area (Å²) in [5.41, 5.74) is 0.765. The van der Waals surface area contributed by atoms with E-state index in [1.54, 1.807) is 30.3 Å². The molecular formula is C19H22BrN3O3S. The summed E-state index contributed by atoms with van der Waals surface area (Å²) in [6.07, 6.45) is 2.45. The molecule has 1 amide bonds. The first-order chi connectivity index (χ1) is 12.8. The third-order valence-electron chi connectivity index (χ3n) is 4.42. The number of hydrogen-bond donors (Lipinski definition) is 2. The van der Waals surface area contributed by atoms with Crippen LogP contribution in [0.4, 0.5) is 5.69 Å². The number of sulfonamides is 1. The number of amides is 1. The Kier molecular flexibility index (Phi) is 6.18. The third-order valence-corrected chi connectivity index (χ3v) is 6.35. The first-order valence-corrected chi connectivity index (χ1v) is 11.0. The van der Waals surface area contributed by atoms with Crippen molar-refractivity contribution in [3.63, 3.8) is 0 Å². The van der Waals surface area contributed by atoms with Gasteiger partial charge in [0.2, 0.25) is 0 Å². The van der Waals surface area contributed by atoms with Crippen LogP contribution in [0.2, 0.25) is 0 Å². The van der Waals surface area contributed by atoms with Gasteiger partial charge < -0.3 is 10.2 Å². The van der Waals surface area contributed by atoms with Crippen molar-refractivity contribution < 1.29 is 13.2 Å². The predicted molar refractivity (Wildman–Crippen MR) is 109 cm³/mol. The second-order valence-electron chi connectivity index (χ2n) is 6.61. The molecule has 2 aromatic rings. The number of nitrogens with one attached hydrogen (secondary N) is 2. The van der Waals surface area contributed by atoms with Crippen LogP contribution in [0, 0.1) is 0 Å². The first kappa shape index (κ1) is 19.9. The molecule has 1 saturated carbocycles. The molecule has 3 rings (SSSR count). The van der Waals surface area contributed by atoms with E-state index in [2.05, 4.69) is 37.9 Å². The Morgan fingerprint density at radius 2 is 1.89 bits per heavy atom. The first-order valence-electron chi connectivity index (χ1n) is 8.72. The molecule has 144 valence electrons. The molecule has 0 aliphatic heterocycles. The maximum Gasteiger partial charge on any atom is 0.261 e. The van der Waals surface area contributed by atoms with E-state index in [-0.39, 0.29) is 10.8 Å². The fourth-order valence-corrected chi connectivity index (χ4v) is 4.01. The highest BCUT2D eigenvalue weighted by Crippen LogP contribution is 2.24. The molecule has 2 N–H and O–H groups in total. The van der Waals surface area contributed by atoms with Crippen LogP contribution in [0.25, 0.3) is 0 Å². The van der Waals surface area contributed by atoms with Crippen molar-refractivity contribution in [2.75, 3.05) is 24.9 Å². The van der Waals surface area contributed by atoms with E-state index < -0.39 is 10.0 Å². The molecule has 0 heterocycles. The molecule has 1 aliphatic rings. The molecule has 0 bridgehead atoms. The molecule has 27 heavy (non-hydrogen) atoms. The van der Waals surface area contributed by atoms with Crippen LogP contribution in [-0.2, 0) is 10.0 Å². The van der Waals surface area contributed by atoms with Gasteiger partial charge in [0.15, 0.2) is 0 Å². The lowest BCUT2D eigenvalue weighted by Gasteiger charge is -2.16. The third kappa shape index (κ3) is 5.54. The summed E-state index contributed by atoms with van der Waals surface area (Å²) < 4.78 is 28.3. The number of hydrogen-bond acceptors (Lipinski definition) is 4. The van der Waals surface area contributed by atoms with Crippen LogP contribution in [0.3, 0.4) is 0 Å². The summed E-state index contributed by atoms with van der Waals surface area (Å²) in [5.74, 6) is -0.219. The van der Waals surface area contributed by atoms with E-state index in [0.717, 1.165) is 11.0 Å². The summed E-state index contributed by atoms with van der Waals surface area (Å²) in [5, 5.41) is 2.88. The van der Waals surface area contributed by atoms with E-state index in [4.69, 9.17) is 0 Å². The maximum absolute atomic E-state index is 12.5. The summed E-state index contributed by atoms with van der Waals surface area (Å²) >= 11 is 3.28. The van der Waals surface area contributed by atoms with Crippen LogP contribution < -0.4 is 10.0 Å². The average molecular weight is 452 g/mol. The topological polar surface area (TPSA) is 78.5 Å². The van der Waals surface area contributed by atoms with E-state index in [0.29, 0.717) is 23.8 Å². The Balaban J connectivity index is 1.62. The number of anilines is 1. The highest BCUT2D eigenvalue weighted by Gasteiger charge is 2.25. The molecule has 1 aliphatic carbocycles. The largest absolute Gasteiger partial charge is 0.351 e. The molecular weight excluding hydrogens is 430 g/mol. The second-order valence-corrected chi connectivity index (χ2v) is 9.21. The van der Waals surface area contributed by atoms with Crippen molar-refractivity contribution in [2.24, 2.45) is 0 Å². The lowest BCUT2D eigenvalue weighted by Crippen LogP contribution is -2.34. The van der Waals surface area contributed by atoms with Gasteiger partial charge in [-0.15, -0.1) is 0 Å². The van der Waals surface area contributed by atoms with Crippen LogP contribution in [0.15, 0.2) is 57.9 Å². The predicted octanol–water partition coefficient (Wildman–Crippen LogP) is 3.07. The van der Waals surface area contributed by atoms with Crippen LogP contribution in [0.1, 0.15) is 23.2 Å². The molecule has 2 aromatic carbocycles. The zero-order valence-corrected chi connectivity index (χ0v) is 17.4. The number of nitrogens with zero attached hydrogens (tertiary/aromatic N) is 1. The molecule has 1 fully saturated rings. The van der Waals surface area contributed by atoms with Gasteiger partial charge in [0.1, 0.15) is 0 Å². The molecule has 0 spiro atoms. The Morgan fingerprint density at radius 3 is 2.56 bits per heavy atom. The van der Waals surface area contributed by atoms with Gasteiger partial charge >= 0.3 is 0 Å². The molecule has 8 heteroatoms. The van der Waals surface area contributed by atoms with Gasteiger partial charge in [-0.25, -0.2) is 8.42 Å². The number of rotatable bonds is 8. The minimum atomic E-state index is -3.71. The molecule has 6 nitrogen and oxygen atoms in total. The summed E-state index contributed by atoms with van der Waals surface area (Å²) in [6.45, 7) is 1.35. The smallest absolute Gasteiger partial charge is 0.261 e. The van der Waals surface area contributed by atoms with Crippen molar-refractivity contribution in [2.45, 2.75) is 23.8 Å². The number of likely N-dealkylation sites (N-methyl/N-ethyl adjacent to an activating group) is 1. The van der Waals surface area contributed by atoms with Crippen molar-refractivity contribution in [1.82, 2.24) is 10.2 Å². The number of carbonyl (C=O) groups excluding carboxylic acids is 1. The van der Waals surface area contributed by atoms with E-state index in [1.807, 2.05) is 0 Å². The van der Waals surface area contributed by atoms with Gasteiger partial charge in [0.25, 0.3) is 15.9 Å². The van der Waals surface area contributed by atoms with Crippen molar-refractivity contribution >= 4 is 37.5 Å². The highest BCUT2D eigenvalue weighted by molar-refractivity contribution is 9.10. The molecule has 0 unspecified atom stereocenters. The minimum Gasteiger partial charge on any atom is -0.351 e. The number of halogens is 1. The molecule has 0 saturated heterocycles. The van der Waals surface area contributed by atoms with E-state index in [1.165, 1.54) is 31.0 Å². The van der Waals surface area contributed by atoms with Crippen LogP contribution in [-0.4, -0.2) is 45.4 Å². The fraction of sp³-hybridized carbons (Fsp3) is 0.316. The van der Waals surface area contributed by atoms with Gasteiger partial charge in [-0.1, -0.05) is 22.0 Å². The minimum absolute atomic E-state index is 0.156. The Bertz CT molecular complexity index is 912. The van der Waals surface area contributed by atoms with Gasteiger partial charge in [0.05, 0.1) is 4.90 Å². The van der Waals surface area contributed by atoms with Crippen molar-refractivity contribution in [1.29, 1.82) is 0 Å². The van der Waals surface area contributed by atoms with Crippen molar-refractivity contribution in [3.05, 3.63) is 58.6 Å². The summed E-state index contributed by atoms with van der Waals surface area (Å²) in [6, 6.07) is 13.5. The van der Waals surface area contributed by atoms with E-state index in [9.17, 15) is 13.2 Å². The SMILES string of the molecule is CN(CCNC(=O)c1cccc(NS(=O)(=O)c2ccc(Br)cc2)c1)C1CC1. The number of benzene rings is 2. The quantitative estimate of drug-likeness (QED) is 0.646. The van der Waals surface area contributed by atoms with Gasteiger partial charge in [-0.2, -0.15) is 0 Å². The Morgan fingerprint density at radius 1 is 1.19 bits per heavy atom. The average Bonchev–Trinajstić information content (AvgIpc) is 3.47. The molecule has 0 aromatic heterocycles. The molecule has 0 radical (unpaired) electrons. The van der Waals surface area contributed by atoms with E-state index >= 15 is 0 Å². The van der Waals surface area contributed by atoms with Crippen molar-refractivity contribution in [3.8, 4) is 0 Å². The second kappa shape index (κ2) is 8.41. The van der Waals surface area contributed by atoms with Crippen LogP contribution >= 0.6 is 15.9 Å². The normalized spacial score (nSPS) is 14.2. The lowest BCUT2D eigenvalue weighted by atomic mass is 10.2. The fourth-order valence-electron chi connectivity index (χ4n) is 2.70. The van der Waals surface area contributed by atoms with Gasteiger partial charge in [-0.05, 0) is 62.4 Å². The lowest BCUT2D eigenvalue weighted by molar-refractivity contribution is 0.0949. The number of carbonyl (C=O) groups is 1. The zero-order chi connectivity index (χ0) is 19.4. The standard InChI is InChI=1S/C19H22BrN3O3S/c1-23(17-7-8-17)12-11-21-19(24)14-3-2-4-16(13-14)22-27(25,26)18-9-5-15(20)6-10-18/h2-6,9-10,13,17,22H,7-8,11-12H2,1H3,(H,21,24).